The van der Waals surface area contributed by atoms with Crippen LogP contribution in [0.4, 0.5) is 0 Å². The minimum Gasteiger partial charge on any atom is -0.459 e. The smallest absolute Gasteiger partial charge is 0.325 e. The molecule has 0 bridgehead atoms. The van der Waals surface area contributed by atoms with Crippen LogP contribution in [-0.2, 0) is 24.3 Å². The van der Waals surface area contributed by atoms with E-state index in [1.54, 1.807) is 7.05 Å². The summed E-state index contributed by atoms with van der Waals surface area (Å²) < 4.78 is 36.8. The second-order valence-corrected chi connectivity index (χ2v) is 9.70. The van der Waals surface area contributed by atoms with Gasteiger partial charge in [-0.3, -0.25) is 9.79 Å². The van der Waals surface area contributed by atoms with Crippen molar-refractivity contribution >= 4 is 45.9 Å². The van der Waals surface area contributed by atoms with E-state index in [1.165, 1.54) is 4.31 Å². The van der Waals surface area contributed by atoms with Crippen LogP contribution >= 0.6 is 24.0 Å². The molecular formula is C17H35IN4O5S. The molecule has 1 fully saturated rings. The summed E-state index contributed by atoms with van der Waals surface area (Å²) in [5, 5.41) is 2.98. The largest absolute Gasteiger partial charge is 0.459 e. The summed E-state index contributed by atoms with van der Waals surface area (Å²) >= 11 is 0. The number of carbonyl (C=O) groups excluding carboxylic acids is 1. The molecule has 1 N–H and O–H groups in total. The third-order valence-electron chi connectivity index (χ3n) is 3.75. The van der Waals surface area contributed by atoms with Gasteiger partial charge in [-0.05, 0) is 34.6 Å². The Morgan fingerprint density at radius 1 is 1.18 bits per heavy atom. The van der Waals surface area contributed by atoms with Crippen molar-refractivity contribution < 1.29 is 22.7 Å². The summed E-state index contributed by atoms with van der Waals surface area (Å²) in [4.78, 5) is 17.9. The molecule has 0 aliphatic carbocycles. The lowest BCUT2D eigenvalue weighted by molar-refractivity contribution is -0.153. The highest BCUT2D eigenvalue weighted by Crippen LogP contribution is 2.09. The van der Waals surface area contributed by atoms with E-state index in [1.807, 2.05) is 39.5 Å². The number of esters is 1. The zero-order chi connectivity index (χ0) is 20.7. The van der Waals surface area contributed by atoms with E-state index in [9.17, 15) is 13.2 Å². The summed E-state index contributed by atoms with van der Waals surface area (Å²) in [5.74, 6) is 0.174. The molecule has 1 aliphatic heterocycles. The van der Waals surface area contributed by atoms with Gasteiger partial charge < -0.3 is 19.7 Å². The maximum Gasteiger partial charge on any atom is 0.325 e. The van der Waals surface area contributed by atoms with E-state index in [2.05, 4.69) is 10.3 Å². The molecule has 1 heterocycles. The van der Waals surface area contributed by atoms with Gasteiger partial charge in [0.15, 0.2) is 5.96 Å². The maximum absolute atomic E-state index is 12.4. The zero-order valence-corrected chi connectivity index (χ0v) is 20.9. The molecule has 0 radical (unpaired) electrons. The van der Waals surface area contributed by atoms with Crippen LogP contribution in [0.5, 0.6) is 0 Å². The van der Waals surface area contributed by atoms with Gasteiger partial charge in [0.2, 0.25) is 10.0 Å². The molecule has 1 saturated heterocycles. The number of halogens is 1. The van der Waals surface area contributed by atoms with E-state index in [0.29, 0.717) is 32.1 Å². The first kappa shape index (κ1) is 27.3. The number of sulfonamides is 1. The minimum absolute atomic E-state index is 0. The fourth-order valence-corrected chi connectivity index (χ4v) is 3.84. The SMILES string of the molecule is CN=C(NCC(=O)OC(C)(C)C)N1CCN(S(=O)(=O)CCOC(C)C)CC1.I. The van der Waals surface area contributed by atoms with Crippen molar-refractivity contribution in [1.82, 2.24) is 14.5 Å². The molecule has 0 unspecified atom stereocenters. The Hall–Kier alpha value is -0.660. The molecule has 0 aromatic heterocycles. The number of hydrogen-bond donors (Lipinski definition) is 1. The molecule has 0 aromatic rings. The number of carbonyl (C=O) groups is 1. The van der Waals surface area contributed by atoms with Crippen LogP contribution in [0.1, 0.15) is 34.6 Å². The number of aliphatic imine (C=N–C) groups is 1. The molecule has 11 heteroatoms. The van der Waals surface area contributed by atoms with Crippen molar-refractivity contribution in [2.24, 2.45) is 4.99 Å². The predicted octanol–water partition coefficient (Wildman–Crippen LogP) is 0.894. The number of nitrogens with zero attached hydrogens (tertiary/aromatic N) is 3. The van der Waals surface area contributed by atoms with Gasteiger partial charge in [0, 0.05) is 33.2 Å². The molecule has 0 saturated carbocycles. The number of hydrogen-bond acceptors (Lipinski definition) is 6. The first-order valence-electron chi connectivity index (χ1n) is 9.21. The van der Waals surface area contributed by atoms with E-state index in [4.69, 9.17) is 9.47 Å². The number of ether oxygens (including phenoxy) is 2. The fraction of sp³-hybridized carbons (Fsp3) is 0.882. The van der Waals surface area contributed by atoms with Crippen molar-refractivity contribution in [3.63, 3.8) is 0 Å². The first-order valence-corrected chi connectivity index (χ1v) is 10.8. The lowest BCUT2D eigenvalue weighted by Crippen LogP contribution is -2.54. The van der Waals surface area contributed by atoms with Crippen molar-refractivity contribution in [3.05, 3.63) is 0 Å². The molecule has 0 aromatic carbocycles. The highest BCUT2D eigenvalue weighted by Gasteiger charge is 2.28. The van der Waals surface area contributed by atoms with E-state index >= 15 is 0 Å². The summed E-state index contributed by atoms with van der Waals surface area (Å²) in [7, 11) is -1.70. The molecule has 0 spiro atoms. The van der Waals surface area contributed by atoms with Crippen molar-refractivity contribution in [3.8, 4) is 0 Å². The monoisotopic (exact) mass is 534 g/mol. The lowest BCUT2D eigenvalue weighted by atomic mass is 10.2. The zero-order valence-electron chi connectivity index (χ0n) is 17.7. The van der Waals surface area contributed by atoms with E-state index in [-0.39, 0.29) is 55.0 Å². The van der Waals surface area contributed by atoms with Crippen molar-refractivity contribution in [2.45, 2.75) is 46.3 Å². The minimum atomic E-state index is -3.33. The van der Waals surface area contributed by atoms with Gasteiger partial charge in [0.05, 0.1) is 18.5 Å². The van der Waals surface area contributed by atoms with Crippen LogP contribution in [0.3, 0.4) is 0 Å². The summed E-state index contributed by atoms with van der Waals surface area (Å²) in [5.41, 5.74) is -0.540. The van der Waals surface area contributed by atoms with E-state index < -0.39 is 15.6 Å². The van der Waals surface area contributed by atoms with Crippen LogP contribution in [0, 0.1) is 0 Å². The Balaban J connectivity index is 0.00000729. The molecule has 9 nitrogen and oxygen atoms in total. The quantitative estimate of drug-likeness (QED) is 0.224. The standard InChI is InChI=1S/C17H34N4O5S.HI/c1-14(2)25-11-12-27(23,24)21-9-7-20(8-10-21)16(18-6)19-13-15(22)26-17(3,4)5;/h14H,7-13H2,1-6H3,(H,18,19);1H. The molecule has 28 heavy (non-hydrogen) atoms. The van der Waals surface area contributed by atoms with Crippen molar-refractivity contribution in [1.29, 1.82) is 0 Å². The number of piperazine rings is 1. The van der Waals surface area contributed by atoms with Crippen LogP contribution in [0.2, 0.25) is 0 Å². The molecule has 166 valence electrons. The molecule has 1 rings (SSSR count). The second kappa shape index (κ2) is 12.1. The normalized spacial score (nSPS) is 16.7. The van der Waals surface area contributed by atoms with Crippen LogP contribution in [-0.4, -0.2) is 93.4 Å². The average molecular weight is 534 g/mol. The Morgan fingerprint density at radius 2 is 1.75 bits per heavy atom. The van der Waals surface area contributed by atoms with Gasteiger partial charge in [0.25, 0.3) is 0 Å². The molecular weight excluding hydrogens is 499 g/mol. The van der Waals surface area contributed by atoms with Gasteiger partial charge in [-0.15, -0.1) is 24.0 Å². The number of nitrogens with one attached hydrogen (secondary N) is 1. The fourth-order valence-electron chi connectivity index (χ4n) is 2.56. The first-order chi connectivity index (χ1) is 12.4. The van der Waals surface area contributed by atoms with Crippen LogP contribution in [0.25, 0.3) is 0 Å². The van der Waals surface area contributed by atoms with Gasteiger partial charge in [0.1, 0.15) is 12.1 Å². The predicted molar refractivity (Wildman–Crippen MR) is 121 cm³/mol. The lowest BCUT2D eigenvalue weighted by Gasteiger charge is -2.35. The summed E-state index contributed by atoms with van der Waals surface area (Å²) in [6, 6.07) is 0. The number of rotatable bonds is 7. The molecule has 0 atom stereocenters. The third kappa shape index (κ3) is 10.2. The Kier molecular flexibility index (Phi) is 11.8. The van der Waals surface area contributed by atoms with Gasteiger partial charge in [-0.1, -0.05) is 0 Å². The second-order valence-electron chi connectivity index (χ2n) is 7.61. The topological polar surface area (TPSA) is 101 Å². The van der Waals surface area contributed by atoms with Gasteiger partial charge >= 0.3 is 5.97 Å². The highest BCUT2D eigenvalue weighted by molar-refractivity contribution is 14.0. The molecule has 1 aliphatic rings. The Morgan fingerprint density at radius 3 is 2.21 bits per heavy atom. The van der Waals surface area contributed by atoms with Gasteiger partial charge in [-0.25, -0.2) is 8.42 Å². The summed E-state index contributed by atoms with van der Waals surface area (Å²) in [6.45, 7) is 11.1. The average Bonchev–Trinajstić information content (AvgIpc) is 2.53. The summed E-state index contributed by atoms with van der Waals surface area (Å²) in [6.07, 6.45) is 0.0106. The number of guanidine groups is 1. The molecule has 0 amide bonds. The third-order valence-corrected chi connectivity index (χ3v) is 5.58. The van der Waals surface area contributed by atoms with Gasteiger partial charge in [-0.2, -0.15) is 4.31 Å². The maximum atomic E-state index is 12.4. The Labute approximate surface area is 186 Å². The van der Waals surface area contributed by atoms with E-state index in [0.717, 1.165) is 0 Å². The highest BCUT2D eigenvalue weighted by atomic mass is 127. The Bertz CT molecular complexity index is 612. The van der Waals surface area contributed by atoms with Crippen LogP contribution < -0.4 is 5.32 Å². The van der Waals surface area contributed by atoms with Crippen molar-refractivity contribution in [2.75, 3.05) is 52.1 Å². The van der Waals surface area contributed by atoms with Crippen LogP contribution in [0.15, 0.2) is 4.99 Å².